The number of methoxy groups -OCH3 is 1. The third kappa shape index (κ3) is 3.18. The minimum atomic E-state index is 0.0161. The zero-order chi connectivity index (χ0) is 14.5. The largest absolute Gasteiger partial charge is 0.496 e. The van der Waals surface area contributed by atoms with Crippen molar-refractivity contribution in [1.82, 2.24) is 0 Å². The molecule has 0 atom stereocenters. The summed E-state index contributed by atoms with van der Waals surface area (Å²) >= 11 is 0. The number of hydrogen-bond donors (Lipinski definition) is 1. The fourth-order valence-corrected chi connectivity index (χ4v) is 2.16. The average Bonchev–Trinajstić information content (AvgIpc) is 2.46. The van der Waals surface area contributed by atoms with Crippen molar-refractivity contribution in [2.45, 2.75) is 13.8 Å². The van der Waals surface area contributed by atoms with Gasteiger partial charge in [0.2, 0.25) is 0 Å². The Balaban J connectivity index is 2.09. The molecule has 0 heterocycles. The van der Waals surface area contributed by atoms with Gasteiger partial charge in [-0.1, -0.05) is 29.8 Å². The van der Waals surface area contributed by atoms with Crippen molar-refractivity contribution in [2.24, 2.45) is 0 Å². The number of carbonyl (C=O) groups excluding carboxylic acids is 1. The molecule has 0 spiro atoms. The first-order chi connectivity index (χ1) is 9.61. The molecular formula is C17H19NO2. The van der Waals surface area contributed by atoms with E-state index in [-0.39, 0.29) is 12.3 Å². The van der Waals surface area contributed by atoms with E-state index in [9.17, 15) is 4.79 Å². The van der Waals surface area contributed by atoms with Crippen LogP contribution >= 0.6 is 0 Å². The van der Waals surface area contributed by atoms with Crippen molar-refractivity contribution in [3.63, 3.8) is 0 Å². The molecule has 2 aromatic rings. The first kappa shape index (κ1) is 14.1. The van der Waals surface area contributed by atoms with Gasteiger partial charge in [-0.25, -0.2) is 0 Å². The summed E-state index contributed by atoms with van der Waals surface area (Å²) in [6, 6.07) is 13.4. The van der Waals surface area contributed by atoms with Crippen LogP contribution < -0.4 is 10.1 Å². The van der Waals surface area contributed by atoms with E-state index in [1.54, 1.807) is 19.2 Å². The molecule has 0 saturated heterocycles. The summed E-state index contributed by atoms with van der Waals surface area (Å²) < 4.78 is 5.21. The van der Waals surface area contributed by atoms with Crippen LogP contribution in [0.2, 0.25) is 0 Å². The molecule has 2 aromatic carbocycles. The Morgan fingerprint density at radius 2 is 1.90 bits per heavy atom. The molecule has 3 heteroatoms. The lowest BCUT2D eigenvalue weighted by Gasteiger charge is -2.11. The van der Waals surface area contributed by atoms with Crippen LogP contribution in [0, 0.1) is 13.8 Å². The minimum absolute atomic E-state index is 0.0161. The quantitative estimate of drug-likeness (QED) is 0.843. The maximum atomic E-state index is 12.2. The van der Waals surface area contributed by atoms with Crippen LogP contribution in [0.25, 0.3) is 0 Å². The first-order valence-electron chi connectivity index (χ1n) is 6.59. The summed E-state index contributed by atoms with van der Waals surface area (Å²) in [7, 11) is 1.57. The fraction of sp³-hybridized carbons (Fsp3) is 0.235. The van der Waals surface area contributed by atoms with Crippen molar-refractivity contribution in [1.29, 1.82) is 0 Å². The lowest BCUT2D eigenvalue weighted by atomic mass is 10.1. The molecule has 0 bridgehead atoms. The second-order valence-corrected chi connectivity index (χ2v) is 4.80. The fourth-order valence-electron chi connectivity index (χ4n) is 2.16. The minimum Gasteiger partial charge on any atom is -0.496 e. The van der Waals surface area contributed by atoms with Crippen LogP contribution in [-0.4, -0.2) is 19.4 Å². The van der Waals surface area contributed by atoms with Gasteiger partial charge in [-0.15, -0.1) is 0 Å². The summed E-state index contributed by atoms with van der Waals surface area (Å²) in [5.74, 6) is 0.627. The van der Waals surface area contributed by atoms with Gasteiger partial charge in [0.15, 0.2) is 5.78 Å². The number of rotatable bonds is 5. The van der Waals surface area contributed by atoms with Gasteiger partial charge >= 0.3 is 0 Å². The van der Waals surface area contributed by atoms with E-state index in [0.717, 1.165) is 11.3 Å². The molecule has 0 saturated carbocycles. The van der Waals surface area contributed by atoms with Crippen molar-refractivity contribution in [3.8, 4) is 5.75 Å². The maximum absolute atomic E-state index is 12.2. The molecule has 104 valence electrons. The van der Waals surface area contributed by atoms with Crippen LogP contribution in [0.15, 0.2) is 42.5 Å². The van der Waals surface area contributed by atoms with Crippen molar-refractivity contribution >= 4 is 11.5 Å². The number of benzene rings is 2. The van der Waals surface area contributed by atoms with Gasteiger partial charge in [-0.05, 0) is 37.6 Å². The zero-order valence-corrected chi connectivity index (χ0v) is 12.1. The highest BCUT2D eigenvalue weighted by Crippen LogP contribution is 2.19. The van der Waals surface area contributed by atoms with Gasteiger partial charge in [-0.2, -0.15) is 0 Å². The Hall–Kier alpha value is -2.29. The topological polar surface area (TPSA) is 38.3 Å². The van der Waals surface area contributed by atoms with E-state index < -0.39 is 0 Å². The van der Waals surface area contributed by atoms with E-state index in [2.05, 4.69) is 18.3 Å². The van der Waals surface area contributed by atoms with Gasteiger partial charge in [0.25, 0.3) is 0 Å². The van der Waals surface area contributed by atoms with Crippen LogP contribution in [-0.2, 0) is 0 Å². The van der Waals surface area contributed by atoms with Crippen molar-refractivity contribution < 1.29 is 9.53 Å². The zero-order valence-electron chi connectivity index (χ0n) is 12.1. The predicted molar refractivity (Wildman–Crippen MR) is 81.7 cm³/mol. The average molecular weight is 269 g/mol. The number of para-hydroxylation sites is 1. The molecular weight excluding hydrogens is 250 g/mol. The van der Waals surface area contributed by atoms with Gasteiger partial charge in [0, 0.05) is 5.69 Å². The third-order valence-corrected chi connectivity index (χ3v) is 3.23. The Bertz CT molecular complexity index is 620. The SMILES string of the molecule is COc1ccccc1C(=O)CNc1ccc(C)cc1C. The number of ether oxygens (including phenoxy) is 1. The van der Waals surface area contributed by atoms with Crippen LogP contribution in [0.3, 0.4) is 0 Å². The molecule has 0 aromatic heterocycles. The summed E-state index contributed by atoms with van der Waals surface area (Å²) in [6.45, 7) is 4.34. The van der Waals surface area contributed by atoms with Gasteiger partial charge in [-0.3, -0.25) is 4.79 Å². The monoisotopic (exact) mass is 269 g/mol. The number of aryl methyl sites for hydroxylation is 2. The lowest BCUT2D eigenvalue weighted by molar-refractivity contribution is 0.100. The summed E-state index contributed by atoms with van der Waals surface area (Å²) in [5, 5.41) is 3.18. The lowest BCUT2D eigenvalue weighted by Crippen LogP contribution is -2.15. The normalized spacial score (nSPS) is 10.2. The number of carbonyl (C=O) groups is 1. The van der Waals surface area contributed by atoms with Crippen LogP contribution in [0.4, 0.5) is 5.69 Å². The van der Waals surface area contributed by atoms with Crippen LogP contribution in [0.5, 0.6) is 5.75 Å². The van der Waals surface area contributed by atoms with E-state index in [1.807, 2.05) is 31.2 Å². The van der Waals surface area contributed by atoms with E-state index in [4.69, 9.17) is 4.74 Å². The molecule has 0 unspecified atom stereocenters. The third-order valence-electron chi connectivity index (χ3n) is 3.23. The highest BCUT2D eigenvalue weighted by Gasteiger charge is 2.11. The Morgan fingerprint density at radius 3 is 2.60 bits per heavy atom. The van der Waals surface area contributed by atoms with Crippen molar-refractivity contribution in [3.05, 3.63) is 59.2 Å². The maximum Gasteiger partial charge on any atom is 0.185 e. The van der Waals surface area contributed by atoms with Crippen LogP contribution in [0.1, 0.15) is 21.5 Å². The number of Topliss-reactive ketones (excluding diaryl/α,β-unsaturated/α-hetero) is 1. The smallest absolute Gasteiger partial charge is 0.185 e. The molecule has 0 aliphatic carbocycles. The molecule has 3 nitrogen and oxygen atoms in total. The standard InChI is InChI=1S/C17H19NO2/c1-12-8-9-15(13(2)10-12)18-11-16(19)14-6-4-5-7-17(14)20-3/h4-10,18H,11H2,1-3H3. The molecule has 0 aliphatic rings. The number of hydrogen-bond acceptors (Lipinski definition) is 3. The van der Waals surface area contributed by atoms with Crippen molar-refractivity contribution in [2.75, 3.05) is 19.0 Å². The predicted octanol–water partition coefficient (Wildman–Crippen LogP) is 3.61. The first-order valence-corrected chi connectivity index (χ1v) is 6.59. The number of anilines is 1. The molecule has 0 aliphatic heterocycles. The molecule has 0 fully saturated rings. The van der Waals surface area contributed by atoms with Gasteiger partial charge < -0.3 is 10.1 Å². The Labute approximate surface area is 119 Å². The second-order valence-electron chi connectivity index (χ2n) is 4.80. The Morgan fingerprint density at radius 1 is 1.15 bits per heavy atom. The highest BCUT2D eigenvalue weighted by molar-refractivity contribution is 6.01. The van der Waals surface area contributed by atoms with E-state index in [0.29, 0.717) is 11.3 Å². The number of nitrogens with one attached hydrogen (secondary N) is 1. The number of ketones is 1. The van der Waals surface area contributed by atoms with E-state index >= 15 is 0 Å². The molecule has 0 radical (unpaired) electrons. The molecule has 0 amide bonds. The van der Waals surface area contributed by atoms with Gasteiger partial charge in [0.05, 0.1) is 19.2 Å². The summed E-state index contributed by atoms with van der Waals surface area (Å²) in [6.07, 6.45) is 0. The molecule has 1 N–H and O–H groups in total. The highest BCUT2D eigenvalue weighted by atomic mass is 16.5. The van der Waals surface area contributed by atoms with E-state index in [1.165, 1.54) is 5.56 Å². The summed E-state index contributed by atoms with van der Waals surface area (Å²) in [4.78, 5) is 12.2. The summed E-state index contributed by atoms with van der Waals surface area (Å²) in [5.41, 5.74) is 3.94. The molecule has 2 rings (SSSR count). The molecule has 20 heavy (non-hydrogen) atoms. The van der Waals surface area contributed by atoms with Gasteiger partial charge in [0.1, 0.15) is 5.75 Å². The second kappa shape index (κ2) is 6.24. The Kier molecular flexibility index (Phi) is 4.41.